The summed E-state index contributed by atoms with van der Waals surface area (Å²) in [6, 6.07) is 0.603. The molecular formula is C14H31NO. The minimum Gasteiger partial charge on any atom is -0.380 e. The molecule has 16 heavy (non-hydrogen) atoms. The predicted molar refractivity (Wildman–Crippen MR) is 71.9 cm³/mol. The van der Waals surface area contributed by atoms with Gasteiger partial charge in [0.1, 0.15) is 0 Å². The number of hydrogen-bond donors (Lipinski definition) is 1. The van der Waals surface area contributed by atoms with Crippen LogP contribution in [-0.2, 0) is 4.74 Å². The van der Waals surface area contributed by atoms with Crippen molar-refractivity contribution in [1.29, 1.82) is 0 Å². The van der Waals surface area contributed by atoms with Crippen molar-refractivity contribution in [3.05, 3.63) is 0 Å². The van der Waals surface area contributed by atoms with Crippen LogP contribution in [0.4, 0.5) is 0 Å². The predicted octanol–water partition coefficient (Wildman–Crippen LogP) is 3.61. The van der Waals surface area contributed by atoms with Gasteiger partial charge in [-0.05, 0) is 18.8 Å². The summed E-state index contributed by atoms with van der Waals surface area (Å²) in [6.07, 6.45) is 5.54. The van der Waals surface area contributed by atoms with E-state index in [1.165, 1.54) is 25.7 Å². The molecule has 0 aromatic carbocycles. The summed E-state index contributed by atoms with van der Waals surface area (Å²) in [6.45, 7) is 12.1. The highest BCUT2D eigenvalue weighted by Gasteiger charge is 2.24. The second kappa shape index (κ2) is 8.08. The van der Waals surface area contributed by atoms with Crippen LogP contribution in [0.15, 0.2) is 0 Å². The smallest absolute Gasteiger partial charge is 0.0743 e. The van der Waals surface area contributed by atoms with Gasteiger partial charge in [0.25, 0.3) is 0 Å². The lowest BCUT2D eigenvalue weighted by Gasteiger charge is -2.30. The van der Waals surface area contributed by atoms with E-state index in [-0.39, 0.29) is 5.41 Å². The molecule has 0 bridgehead atoms. The topological polar surface area (TPSA) is 21.3 Å². The number of hydrogen-bond acceptors (Lipinski definition) is 2. The van der Waals surface area contributed by atoms with Crippen molar-refractivity contribution in [2.45, 2.75) is 72.4 Å². The monoisotopic (exact) mass is 229 g/mol. The molecule has 0 fully saturated rings. The molecule has 0 amide bonds. The van der Waals surface area contributed by atoms with E-state index in [1.54, 1.807) is 7.11 Å². The van der Waals surface area contributed by atoms with Gasteiger partial charge in [0.2, 0.25) is 0 Å². The molecule has 0 saturated carbocycles. The second-order valence-corrected chi connectivity index (χ2v) is 5.90. The summed E-state index contributed by atoms with van der Waals surface area (Å²) in [5, 5.41) is 3.57. The van der Waals surface area contributed by atoms with Crippen LogP contribution in [-0.4, -0.2) is 25.8 Å². The van der Waals surface area contributed by atoms with E-state index >= 15 is 0 Å². The normalized spacial score (nSPS) is 16.1. The minimum atomic E-state index is 0.213. The molecule has 0 aliphatic carbocycles. The van der Waals surface area contributed by atoms with Gasteiger partial charge in [-0.3, -0.25) is 0 Å². The van der Waals surface area contributed by atoms with Gasteiger partial charge in [0.15, 0.2) is 0 Å². The lowest BCUT2D eigenvalue weighted by Crippen LogP contribution is -2.41. The maximum atomic E-state index is 5.53. The van der Waals surface area contributed by atoms with Crippen LogP contribution in [0.3, 0.4) is 0 Å². The fraction of sp³-hybridized carbons (Fsp3) is 1.00. The lowest BCUT2D eigenvalue weighted by atomic mass is 9.89. The summed E-state index contributed by atoms with van der Waals surface area (Å²) < 4.78 is 5.53. The van der Waals surface area contributed by atoms with Gasteiger partial charge in [0, 0.05) is 19.7 Å². The minimum absolute atomic E-state index is 0.213. The summed E-state index contributed by atoms with van der Waals surface area (Å²) in [4.78, 5) is 0. The van der Waals surface area contributed by atoms with Gasteiger partial charge in [0.05, 0.1) is 6.10 Å². The molecule has 2 atom stereocenters. The van der Waals surface area contributed by atoms with Crippen LogP contribution in [0.25, 0.3) is 0 Å². The quantitative estimate of drug-likeness (QED) is 0.642. The maximum Gasteiger partial charge on any atom is 0.0743 e. The van der Waals surface area contributed by atoms with E-state index in [2.05, 4.69) is 39.9 Å². The van der Waals surface area contributed by atoms with Gasteiger partial charge in [-0.2, -0.15) is 0 Å². The van der Waals surface area contributed by atoms with E-state index in [1.807, 2.05) is 0 Å². The van der Waals surface area contributed by atoms with Crippen molar-refractivity contribution in [2.75, 3.05) is 13.7 Å². The Bertz CT molecular complexity index is 163. The summed E-state index contributed by atoms with van der Waals surface area (Å²) in [7, 11) is 1.80. The van der Waals surface area contributed by atoms with Crippen molar-refractivity contribution in [2.24, 2.45) is 5.41 Å². The fourth-order valence-electron chi connectivity index (χ4n) is 1.85. The Kier molecular flexibility index (Phi) is 8.04. The number of ether oxygens (including phenoxy) is 1. The molecule has 0 spiro atoms. The maximum absolute atomic E-state index is 5.53. The molecule has 2 unspecified atom stereocenters. The van der Waals surface area contributed by atoms with E-state index in [0.717, 1.165) is 6.54 Å². The third-order valence-corrected chi connectivity index (χ3v) is 3.14. The first-order valence-corrected chi connectivity index (χ1v) is 6.68. The van der Waals surface area contributed by atoms with Crippen LogP contribution in [0.1, 0.15) is 60.3 Å². The number of rotatable bonds is 8. The van der Waals surface area contributed by atoms with E-state index in [9.17, 15) is 0 Å². The largest absolute Gasteiger partial charge is 0.380 e. The Morgan fingerprint density at radius 1 is 1.19 bits per heavy atom. The molecule has 0 aliphatic heterocycles. The van der Waals surface area contributed by atoms with Crippen molar-refractivity contribution in [3.8, 4) is 0 Å². The molecular weight excluding hydrogens is 198 g/mol. The fourth-order valence-corrected chi connectivity index (χ4v) is 1.85. The summed E-state index contributed by atoms with van der Waals surface area (Å²) >= 11 is 0. The Morgan fingerprint density at radius 2 is 1.81 bits per heavy atom. The van der Waals surface area contributed by atoms with Gasteiger partial charge < -0.3 is 10.1 Å². The molecule has 98 valence electrons. The molecule has 0 aromatic heterocycles. The van der Waals surface area contributed by atoms with E-state index < -0.39 is 0 Å². The van der Waals surface area contributed by atoms with Crippen molar-refractivity contribution < 1.29 is 4.74 Å². The molecule has 0 aromatic rings. The van der Waals surface area contributed by atoms with Crippen molar-refractivity contribution in [3.63, 3.8) is 0 Å². The number of methoxy groups -OCH3 is 1. The summed E-state index contributed by atoms with van der Waals surface area (Å²) in [5.74, 6) is 0. The number of nitrogens with one attached hydrogen (secondary N) is 1. The third kappa shape index (κ3) is 7.24. The van der Waals surface area contributed by atoms with Crippen LogP contribution >= 0.6 is 0 Å². The van der Waals surface area contributed by atoms with Crippen molar-refractivity contribution >= 4 is 0 Å². The lowest BCUT2D eigenvalue weighted by molar-refractivity contribution is 0.0158. The molecule has 0 aliphatic rings. The van der Waals surface area contributed by atoms with Crippen LogP contribution in [0, 0.1) is 5.41 Å². The molecule has 2 nitrogen and oxygen atoms in total. The van der Waals surface area contributed by atoms with Crippen LogP contribution in [0.2, 0.25) is 0 Å². The second-order valence-electron chi connectivity index (χ2n) is 5.90. The van der Waals surface area contributed by atoms with Crippen LogP contribution < -0.4 is 5.32 Å². The van der Waals surface area contributed by atoms with E-state index in [4.69, 9.17) is 4.74 Å². The zero-order valence-corrected chi connectivity index (χ0v) is 12.1. The Balaban J connectivity index is 3.75. The number of unbranched alkanes of at least 4 members (excludes halogenated alkanes) is 2. The highest BCUT2D eigenvalue weighted by atomic mass is 16.5. The molecule has 1 N–H and O–H groups in total. The first-order chi connectivity index (χ1) is 7.41. The Hall–Kier alpha value is -0.0800. The van der Waals surface area contributed by atoms with Gasteiger partial charge in [-0.15, -0.1) is 0 Å². The zero-order valence-electron chi connectivity index (χ0n) is 12.1. The van der Waals surface area contributed by atoms with E-state index in [0.29, 0.717) is 12.1 Å². The average molecular weight is 229 g/mol. The third-order valence-electron chi connectivity index (χ3n) is 3.14. The molecule has 0 rings (SSSR count). The first-order valence-electron chi connectivity index (χ1n) is 6.68. The first kappa shape index (κ1) is 15.9. The Morgan fingerprint density at radius 3 is 2.25 bits per heavy atom. The molecule has 0 radical (unpaired) electrons. The standard InChI is InChI=1S/C14H31NO/c1-7-8-9-10-12(2)15-11-13(16-6)14(3,4)5/h12-13,15H,7-11H2,1-6H3. The van der Waals surface area contributed by atoms with Crippen molar-refractivity contribution in [1.82, 2.24) is 5.32 Å². The van der Waals surface area contributed by atoms with Gasteiger partial charge in [-0.1, -0.05) is 47.0 Å². The van der Waals surface area contributed by atoms with Crippen LogP contribution in [0.5, 0.6) is 0 Å². The zero-order chi connectivity index (χ0) is 12.6. The highest BCUT2D eigenvalue weighted by molar-refractivity contribution is 4.77. The SMILES string of the molecule is CCCCCC(C)NCC(OC)C(C)(C)C. The van der Waals surface area contributed by atoms with Gasteiger partial charge >= 0.3 is 0 Å². The Labute approximate surface area is 102 Å². The molecule has 0 heterocycles. The summed E-state index contributed by atoms with van der Waals surface area (Å²) in [5.41, 5.74) is 0.213. The highest BCUT2D eigenvalue weighted by Crippen LogP contribution is 2.21. The van der Waals surface area contributed by atoms with Gasteiger partial charge in [-0.25, -0.2) is 0 Å². The molecule has 0 saturated heterocycles. The average Bonchev–Trinajstić information content (AvgIpc) is 2.17. The molecule has 2 heteroatoms.